The van der Waals surface area contributed by atoms with Crippen molar-refractivity contribution in [2.75, 3.05) is 23.3 Å². The fourth-order valence-corrected chi connectivity index (χ4v) is 3.33. The van der Waals surface area contributed by atoms with Crippen molar-refractivity contribution in [2.24, 2.45) is 0 Å². The zero-order valence-electron chi connectivity index (χ0n) is 14.8. The highest BCUT2D eigenvalue weighted by molar-refractivity contribution is 5.89. The number of hydrogen-bond donors (Lipinski definition) is 3. The van der Waals surface area contributed by atoms with Gasteiger partial charge in [-0.2, -0.15) is 0 Å². The summed E-state index contributed by atoms with van der Waals surface area (Å²) < 4.78 is 0. The van der Waals surface area contributed by atoms with Gasteiger partial charge >= 0.3 is 6.03 Å². The number of para-hydroxylation sites is 2. The van der Waals surface area contributed by atoms with E-state index < -0.39 is 0 Å². The lowest BCUT2D eigenvalue weighted by atomic mass is 10.1. The molecule has 0 radical (unpaired) electrons. The molecule has 7 nitrogen and oxygen atoms in total. The van der Waals surface area contributed by atoms with Crippen molar-refractivity contribution >= 4 is 28.6 Å². The van der Waals surface area contributed by atoms with Crippen molar-refractivity contribution in [3.05, 3.63) is 65.0 Å². The minimum atomic E-state index is -0.197. The number of aromatic amines is 1. The Morgan fingerprint density at radius 2 is 1.74 bits per heavy atom. The molecule has 4 rings (SSSR count). The van der Waals surface area contributed by atoms with Crippen molar-refractivity contribution in [1.29, 1.82) is 0 Å². The van der Waals surface area contributed by atoms with Crippen LogP contribution in [-0.4, -0.2) is 35.1 Å². The first kappa shape index (κ1) is 17.1. The molecule has 1 saturated heterocycles. The van der Waals surface area contributed by atoms with E-state index in [1.54, 1.807) is 6.07 Å². The number of rotatable bonds is 3. The number of benzene rings is 2. The number of amides is 2. The number of hydrogen-bond acceptors (Lipinski definition) is 4. The first-order valence-corrected chi connectivity index (χ1v) is 9.05. The molecule has 0 aliphatic carbocycles. The summed E-state index contributed by atoms with van der Waals surface area (Å²) in [5, 5.41) is 6.44. The molecular weight excluding hydrogens is 342 g/mol. The molecular formula is C20H21N5O2. The van der Waals surface area contributed by atoms with Crippen LogP contribution in [0.5, 0.6) is 0 Å². The fourth-order valence-electron chi connectivity index (χ4n) is 3.33. The highest BCUT2D eigenvalue weighted by Gasteiger charge is 2.22. The topological polar surface area (TPSA) is 90.1 Å². The lowest BCUT2D eigenvalue weighted by Crippen LogP contribution is -2.46. The van der Waals surface area contributed by atoms with Crippen molar-refractivity contribution in [2.45, 2.75) is 18.9 Å². The first-order valence-electron chi connectivity index (χ1n) is 9.05. The van der Waals surface area contributed by atoms with Gasteiger partial charge in [0, 0.05) is 24.8 Å². The fraction of sp³-hybridized carbons (Fsp3) is 0.250. The Kier molecular flexibility index (Phi) is 4.74. The molecule has 3 N–H and O–H groups in total. The Bertz CT molecular complexity index is 994. The minimum Gasteiger partial charge on any atom is -0.342 e. The van der Waals surface area contributed by atoms with E-state index in [0.29, 0.717) is 16.9 Å². The highest BCUT2D eigenvalue weighted by Crippen LogP contribution is 2.17. The van der Waals surface area contributed by atoms with Crippen LogP contribution in [0.25, 0.3) is 10.9 Å². The van der Waals surface area contributed by atoms with Gasteiger partial charge in [0.05, 0.1) is 10.9 Å². The van der Waals surface area contributed by atoms with E-state index in [0.717, 1.165) is 31.6 Å². The number of piperidine rings is 1. The number of urea groups is 1. The number of aromatic nitrogens is 2. The van der Waals surface area contributed by atoms with Gasteiger partial charge in [-0.05, 0) is 37.1 Å². The molecule has 7 heteroatoms. The average Bonchev–Trinajstić information content (AvgIpc) is 2.69. The van der Waals surface area contributed by atoms with Crippen molar-refractivity contribution in [3.8, 4) is 0 Å². The molecule has 27 heavy (non-hydrogen) atoms. The van der Waals surface area contributed by atoms with Gasteiger partial charge in [0.15, 0.2) is 0 Å². The van der Waals surface area contributed by atoms with Crippen LogP contribution in [-0.2, 0) is 0 Å². The van der Waals surface area contributed by atoms with Crippen LogP contribution in [0.15, 0.2) is 59.4 Å². The number of carbonyl (C=O) groups excluding carboxylic acids is 1. The van der Waals surface area contributed by atoms with Crippen LogP contribution in [0, 0.1) is 0 Å². The van der Waals surface area contributed by atoms with E-state index in [2.05, 4.69) is 25.5 Å². The molecule has 1 aliphatic heterocycles. The summed E-state index contributed by atoms with van der Waals surface area (Å²) in [6.07, 6.45) is 1.58. The summed E-state index contributed by atoms with van der Waals surface area (Å²) in [6, 6.07) is 16.6. The Balaban J connectivity index is 1.36. The van der Waals surface area contributed by atoms with E-state index >= 15 is 0 Å². The third-order valence-electron chi connectivity index (χ3n) is 4.76. The van der Waals surface area contributed by atoms with Gasteiger partial charge in [-0.1, -0.05) is 30.3 Å². The summed E-state index contributed by atoms with van der Waals surface area (Å²) in [4.78, 5) is 33.9. The molecule has 0 atom stereocenters. The molecule has 2 heterocycles. The third kappa shape index (κ3) is 3.92. The predicted octanol–water partition coefficient (Wildman–Crippen LogP) is 2.71. The zero-order valence-corrected chi connectivity index (χ0v) is 14.8. The van der Waals surface area contributed by atoms with E-state index in [-0.39, 0.29) is 17.6 Å². The van der Waals surface area contributed by atoms with Gasteiger partial charge in [0.1, 0.15) is 0 Å². The van der Waals surface area contributed by atoms with Crippen LogP contribution in [0.3, 0.4) is 0 Å². The second-order valence-corrected chi connectivity index (χ2v) is 6.63. The van der Waals surface area contributed by atoms with Crippen LogP contribution in [0.2, 0.25) is 0 Å². The zero-order chi connectivity index (χ0) is 18.6. The van der Waals surface area contributed by atoms with Crippen molar-refractivity contribution in [3.63, 3.8) is 0 Å². The van der Waals surface area contributed by atoms with Gasteiger partial charge in [0.2, 0.25) is 5.95 Å². The SMILES string of the molecule is O=C(Nc1ccccc1)NC1CCN(c2nc3ccccc3c(=O)[nH]2)CC1. The smallest absolute Gasteiger partial charge is 0.319 e. The van der Waals surface area contributed by atoms with Crippen LogP contribution < -0.4 is 21.1 Å². The van der Waals surface area contributed by atoms with Crippen LogP contribution in [0.4, 0.5) is 16.4 Å². The molecule has 2 amide bonds. The lowest BCUT2D eigenvalue weighted by Gasteiger charge is -2.32. The quantitative estimate of drug-likeness (QED) is 0.667. The predicted molar refractivity (Wildman–Crippen MR) is 106 cm³/mol. The van der Waals surface area contributed by atoms with E-state index in [9.17, 15) is 9.59 Å². The lowest BCUT2D eigenvalue weighted by molar-refractivity contribution is 0.246. The highest BCUT2D eigenvalue weighted by atomic mass is 16.2. The molecule has 0 saturated carbocycles. The second kappa shape index (κ2) is 7.49. The number of fused-ring (bicyclic) bond motifs is 1. The minimum absolute atomic E-state index is 0.0946. The summed E-state index contributed by atoms with van der Waals surface area (Å²) in [6.45, 7) is 1.44. The summed E-state index contributed by atoms with van der Waals surface area (Å²) in [5.74, 6) is 0.589. The monoisotopic (exact) mass is 363 g/mol. The Morgan fingerprint density at radius 1 is 1.04 bits per heavy atom. The Hall–Kier alpha value is -3.35. The molecule has 1 fully saturated rings. The van der Waals surface area contributed by atoms with Crippen molar-refractivity contribution in [1.82, 2.24) is 15.3 Å². The third-order valence-corrected chi connectivity index (χ3v) is 4.76. The largest absolute Gasteiger partial charge is 0.342 e. The van der Waals surface area contributed by atoms with Gasteiger partial charge in [0.25, 0.3) is 5.56 Å². The van der Waals surface area contributed by atoms with E-state index in [1.165, 1.54) is 0 Å². The number of carbonyl (C=O) groups is 1. The van der Waals surface area contributed by atoms with Gasteiger partial charge in [-0.3, -0.25) is 9.78 Å². The summed E-state index contributed by atoms with van der Waals surface area (Å²) in [5.41, 5.74) is 1.34. The number of H-pyrrole nitrogens is 1. The van der Waals surface area contributed by atoms with E-state index in [4.69, 9.17) is 0 Å². The van der Waals surface area contributed by atoms with Gasteiger partial charge < -0.3 is 15.5 Å². The molecule has 0 unspecified atom stereocenters. The summed E-state index contributed by atoms with van der Waals surface area (Å²) in [7, 11) is 0. The van der Waals surface area contributed by atoms with E-state index in [1.807, 2.05) is 48.5 Å². The maximum Gasteiger partial charge on any atom is 0.319 e. The molecule has 1 aliphatic rings. The van der Waals surface area contributed by atoms with Crippen LogP contribution >= 0.6 is 0 Å². The standard InChI is InChI=1S/C20H21N5O2/c26-18-16-8-4-5-9-17(16)23-19(24-18)25-12-10-15(11-13-25)22-20(27)21-14-6-2-1-3-7-14/h1-9,15H,10-13H2,(H2,21,22,27)(H,23,24,26). The molecule has 0 bridgehead atoms. The van der Waals surface area contributed by atoms with Crippen LogP contribution in [0.1, 0.15) is 12.8 Å². The molecule has 138 valence electrons. The molecule has 3 aromatic rings. The van der Waals surface area contributed by atoms with Crippen molar-refractivity contribution < 1.29 is 4.79 Å². The van der Waals surface area contributed by atoms with Gasteiger partial charge in [-0.25, -0.2) is 9.78 Å². The number of anilines is 2. The van der Waals surface area contributed by atoms with Gasteiger partial charge in [-0.15, -0.1) is 0 Å². The number of nitrogens with zero attached hydrogens (tertiary/aromatic N) is 2. The Morgan fingerprint density at radius 3 is 2.52 bits per heavy atom. The molecule has 2 aromatic carbocycles. The molecule has 1 aromatic heterocycles. The molecule has 0 spiro atoms. The number of nitrogens with one attached hydrogen (secondary N) is 3. The first-order chi connectivity index (χ1) is 13.2. The average molecular weight is 363 g/mol. The maximum absolute atomic E-state index is 12.2. The maximum atomic E-state index is 12.2. The second-order valence-electron chi connectivity index (χ2n) is 6.63. The Labute approximate surface area is 156 Å². The summed E-state index contributed by atoms with van der Waals surface area (Å²) >= 11 is 0. The normalized spacial score (nSPS) is 14.9.